The zero-order chi connectivity index (χ0) is 18.3. The predicted octanol–water partition coefficient (Wildman–Crippen LogP) is 3.91. The zero-order valence-electron chi connectivity index (χ0n) is 14.8. The van der Waals surface area contributed by atoms with Crippen LogP contribution in [0.1, 0.15) is 49.3 Å². The third-order valence-electron chi connectivity index (χ3n) is 5.59. The molecule has 2 saturated heterocycles. The Balaban J connectivity index is 1.65. The van der Waals surface area contributed by atoms with Crippen molar-refractivity contribution in [2.75, 3.05) is 19.7 Å². The van der Waals surface area contributed by atoms with Crippen LogP contribution in [0.4, 0.5) is 13.2 Å². The molecule has 0 amide bonds. The summed E-state index contributed by atoms with van der Waals surface area (Å²) in [7, 11) is 0. The minimum atomic E-state index is -4.31. The van der Waals surface area contributed by atoms with E-state index in [2.05, 4.69) is 4.90 Å². The quantitative estimate of drug-likeness (QED) is 0.871. The maximum absolute atomic E-state index is 12.9. The fourth-order valence-corrected chi connectivity index (χ4v) is 4.02. The minimum Gasteiger partial charge on any atom is -0.390 e. The maximum Gasteiger partial charge on any atom is 0.416 e. The number of aliphatic hydroxyl groups is 1. The van der Waals surface area contributed by atoms with Crippen molar-refractivity contribution in [2.45, 2.75) is 63.5 Å². The van der Waals surface area contributed by atoms with Gasteiger partial charge in [-0.2, -0.15) is 13.2 Å². The summed E-state index contributed by atoms with van der Waals surface area (Å²) in [4.78, 5) is 2.18. The molecule has 0 aliphatic carbocycles. The summed E-state index contributed by atoms with van der Waals surface area (Å²) >= 11 is 0. The third-order valence-corrected chi connectivity index (χ3v) is 5.59. The number of aryl methyl sites for hydroxylation is 1. The normalized spacial score (nSPS) is 27.6. The Morgan fingerprint density at radius 1 is 1.20 bits per heavy atom. The summed E-state index contributed by atoms with van der Waals surface area (Å²) < 4.78 is 44.8. The van der Waals surface area contributed by atoms with Crippen molar-refractivity contribution in [3.8, 4) is 0 Å². The standard InChI is InChI=1S/C19H26F3NO2/c1-14-3-4-16(19(20,21)22)11-15(14)12-23-8-5-18(6-9-23)13-17(2,24)7-10-25-18/h3-4,11,24H,5-10,12-13H2,1-2H3. The van der Waals surface area contributed by atoms with E-state index in [9.17, 15) is 18.3 Å². The molecule has 2 aliphatic rings. The molecule has 1 aromatic rings. The number of alkyl halides is 3. The lowest BCUT2D eigenvalue weighted by Gasteiger charge is -2.48. The third kappa shape index (κ3) is 4.36. The van der Waals surface area contributed by atoms with E-state index in [0.717, 1.165) is 43.1 Å². The molecule has 2 fully saturated rings. The predicted molar refractivity (Wildman–Crippen MR) is 89.2 cm³/mol. The highest BCUT2D eigenvalue weighted by Gasteiger charge is 2.44. The summed E-state index contributed by atoms with van der Waals surface area (Å²) in [6, 6.07) is 3.95. The van der Waals surface area contributed by atoms with Crippen LogP contribution < -0.4 is 0 Å². The van der Waals surface area contributed by atoms with Gasteiger partial charge in [0, 0.05) is 26.1 Å². The first-order valence-electron chi connectivity index (χ1n) is 8.84. The first-order valence-corrected chi connectivity index (χ1v) is 8.84. The van der Waals surface area contributed by atoms with Crippen molar-refractivity contribution in [2.24, 2.45) is 0 Å². The van der Waals surface area contributed by atoms with E-state index in [1.54, 1.807) is 6.07 Å². The molecule has 0 saturated carbocycles. The smallest absolute Gasteiger partial charge is 0.390 e. The summed E-state index contributed by atoms with van der Waals surface area (Å²) in [5.41, 5.74) is 0.0554. The molecule has 2 heterocycles. The number of nitrogens with zero attached hydrogens (tertiary/aromatic N) is 1. The Bertz CT molecular complexity index is 620. The number of halogens is 3. The molecule has 6 heteroatoms. The molecule has 3 nitrogen and oxygen atoms in total. The lowest BCUT2D eigenvalue weighted by molar-refractivity contribution is -0.173. The summed E-state index contributed by atoms with van der Waals surface area (Å²) in [6.07, 6.45) is -1.41. The average molecular weight is 357 g/mol. The highest BCUT2D eigenvalue weighted by Crippen LogP contribution is 2.39. The van der Waals surface area contributed by atoms with E-state index in [1.807, 2.05) is 13.8 Å². The Kier molecular flexibility index (Phi) is 4.90. The van der Waals surface area contributed by atoms with Gasteiger partial charge in [-0.25, -0.2) is 0 Å². The second-order valence-corrected chi connectivity index (χ2v) is 7.87. The first-order chi connectivity index (χ1) is 11.6. The fourth-order valence-electron chi connectivity index (χ4n) is 4.02. The zero-order valence-corrected chi connectivity index (χ0v) is 14.8. The Labute approximate surface area is 146 Å². The highest BCUT2D eigenvalue weighted by atomic mass is 19.4. The van der Waals surface area contributed by atoms with Gasteiger partial charge in [0.25, 0.3) is 0 Å². The maximum atomic E-state index is 12.9. The van der Waals surface area contributed by atoms with Gasteiger partial charge in [0.05, 0.1) is 23.4 Å². The van der Waals surface area contributed by atoms with E-state index in [0.29, 0.717) is 26.0 Å². The SMILES string of the molecule is Cc1ccc(C(F)(F)F)cc1CN1CCC2(CC1)CC(C)(O)CCO2. The van der Waals surface area contributed by atoms with Gasteiger partial charge in [-0.15, -0.1) is 0 Å². The largest absolute Gasteiger partial charge is 0.416 e. The summed E-state index contributed by atoms with van der Waals surface area (Å²) in [6.45, 7) is 6.33. The van der Waals surface area contributed by atoms with Crippen LogP contribution in [0.25, 0.3) is 0 Å². The van der Waals surface area contributed by atoms with Crippen molar-refractivity contribution in [3.63, 3.8) is 0 Å². The van der Waals surface area contributed by atoms with Gasteiger partial charge >= 0.3 is 6.18 Å². The monoisotopic (exact) mass is 357 g/mol. The van der Waals surface area contributed by atoms with Gasteiger partial charge in [0.2, 0.25) is 0 Å². The second-order valence-electron chi connectivity index (χ2n) is 7.87. The molecule has 0 bridgehead atoms. The van der Waals surface area contributed by atoms with E-state index in [1.165, 1.54) is 6.07 Å². The van der Waals surface area contributed by atoms with E-state index >= 15 is 0 Å². The number of rotatable bonds is 2. The van der Waals surface area contributed by atoms with Crippen LogP contribution in [-0.4, -0.2) is 40.9 Å². The molecule has 1 unspecified atom stereocenters. The molecule has 1 spiro atoms. The molecule has 0 radical (unpaired) electrons. The fraction of sp³-hybridized carbons (Fsp3) is 0.684. The van der Waals surface area contributed by atoms with Gasteiger partial charge in [0.15, 0.2) is 0 Å². The van der Waals surface area contributed by atoms with Crippen molar-refractivity contribution < 1.29 is 23.0 Å². The van der Waals surface area contributed by atoms with Gasteiger partial charge in [-0.3, -0.25) is 4.90 Å². The van der Waals surface area contributed by atoms with Crippen molar-refractivity contribution in [1.82, 2.24) is 4.90 Å². The summed E-state index contributed by atoms with van der Waals surface area (Å²) in [5, 5.41) is 10.3. The van der Waals surface area contributed by atoms with Crippen LogP contribution >= 0.6 is 0 Å². The topological polar surface area (TPSA) is 32.7 Å². The molecule has 1 N–H and O–H groups in total. The Morgan fingerprint density at radius 2 is 1.88 bits per heavy atom. The number of benzene rings is 1. The average Bonchev–Trinajstić information content (AvgIpc) is 2.49. The molecule has 25 heavy (non-hydrogen) atoms. The Hall–Kier alpha value is -1.11. The van der Waals surface area contributed by atoms with E-state index in [4.69, 9.17) is 4.74 Å². The molecule has 3 rings (SSSR count). The first kappa shape index (κ1) is 18.7. The lowest BCUT2D eigenvalue weighted by atomic mass is 9.78. The molecular weight excluding hydrogens is 331 g/mol. The molecule has 1 aromatic carbocycles. The van der Waals surface area contributed by atoms with Crippen LogP contribution in [0.3, 0.4) is 0 Å². The van der Waals surface area contributed by atoms with Crippen LogP contribution in [0, 0.1) is 6.92 Å². The molecule has 1 atom stereocenters. The lowest BCUT2D eigenvalue weighted by Crippen LogP contribution is -2.53. The number of likely N-dealkylation sites (tertiary alicyclic amines) is 1. The summed E-state index contributed by atoms with van der Waals surface area (Å²) in [5.74, 6) is 0. The van der Waals surface area contributed by atoms with Gasteiger partial charge in [-0.1, -0.05) is 6.07 Å². The highest BCUT2D eigenvalue weighted by molar-refractivity contribution is 5.32. The molecular formula is C19H26F3NO2. The minimum absolute atomic E-state index is 0.277. The van der Waals surface area contributed by atoms with Crippen LogP contribution in [0.5, 0.6) is 0 Å². The van der Waals surface area contributed by atoms with Crippen LogP contribution in [0.2, 0.25) is 0 Å². The Morgan fingerprint density at radius 3 is 2.48 bits per heavy atom. The molecule has 0 aromatic heterocycles. The van der Waals surface area contributed by atoms with Gasteiger partial charge < -0.3 is 9.84 Å². The van der Waals surface area contributed by atoms with E-state index < -0.39 is 17.3 Å². The molecule has 140 valence electrons. The van der Waals surface area contributed by atoms with Crippen LogP contribution in [-0.2, 0) is 17.5 Å². The molecule has 2 aliphatic heterocycles. The number of hydrogen-bond donors (Lipinski definition) is 1. The number of hydrogen-bond acceptors (Lipinski definition) is 3. The van der Waals surface area contributed by atoms with Gasteiger partial charge in [0.1, 0.15) is 0 Å². The van der Waals surface area contributed by atoms with Crippen LogP contribution in [0.15, 0.2) is 18.2 Å². The van der Waals surface area contributed by atoms with Crippen molar-refractivity contribution in [1.29, 1.82) is 0 Å². The second kappa shape index (κ2) is 6.56. The number of piperidine rings is 1. The number of ether oxygens (including phenoxy) is 1. The van der Waals surface area contributed by atoms with Gasteiger partial charge in [-0.05, 0) is 56.4 Å². The van der Waals surface area contributed by atoms with Crippen molar-refractivity contribution >= 4 is 0 Å². The van der Waals surface area contributed by atoms with E-state index in [-0.39, 0.29) is 5.60 Å². The van der Waals surface area contributed by atoms with Crippen molar-refractivity contribution in [3.05, 3.63) is 34.9 Å².